The van der Waals surface area contributed by atoms with Crippen LogP contribution in [0.3, 0.4) is 0 Å². The number of aliphatic hydroxyl groups is 1. The molecule has 0 spiro atoms. The molecule has 2 heterocycles. The molecule has 1 unspecified atom stereocenters. The number of benzene rings is 1. The lowest BCUT2D eigenvalue weighted by Gasteiger charge is -2.27. The van der Waals surface area contributed by atoms with Gasteiger partial charge in [-0.3, -0.25) is 14.7 Å². The van der Waals surface area contributed by atoms with E-state index in [1.807, 2.05) is 31.1 Å². The van der Waals surface area contributed by atoms with Crippen molar-refractivity contribution in [3.8, 4) is 5.75 Å². The van der Waals surface area contributed by atoms with Crippen LogP contribution in [0.15, 0.2) is 29.8 Å². The Bertz CT molecular complexity index is 957. The maximum atomic E-state index is 13.0. The van der Waals surface area contributed by atoms with Crippen molar-refractivity contribution in [2.45, 2.75) is 19.9 Å². The van der Waals surface area contributed by atoms with Gasteiger partial charge in [0.15, 0.2) is 0 Å². The van der Waals surface area contributed by atoms with Gasteiger partial charge < -0.3 is 19.6 Å². The summed E-state index contributed by atoms with van der Waals surface area (Å²) in [6.07, 6.45) is 0. The second-order valence-electron chi connectivity index (χ2n) is 7.35. The van der Waals surface area contributed by atoms with Gasteiger partial charge in [-0.05, 0) is 34.0 Å². The highest BCUT2D eigenvalue weighted by atomic mass is 16.5. The molecule has 0 bridgehead atoms. The van der Waals surface area contributed by atoms with Gasteiger partial charge in [0.2, 0.25) is 0 Å². The van der Waals surface area contributed by atoms with Crippen LogP contribution in [-0.4, -0.2) is 71.1 Å². The number of rotatable bonds is 6. The first-order valence-corrected chi connectivity index (χ1v) is 9.35. The number of para-hydroxylation sites is 1. The minimum absolute atomic E-state index is 0.0471. The van der Waals surface area contributed by atoms with Crippen molar-refractivity contribution < 1.29 is 19.4 Å². The molecule has 0 saturated carbocycles. The van der Waals surface area contributed by atoms with Crippen LogP contribution in [0.4, 0.5) is 0 Å². The van der Waals surface area contributed by atoms with Gasteiger partial charge in [-0.2, -0.15) is 5.10 Å². The molecule has 1 aliphatic heterocycles. The summed E-state index contributed by atoms with van der Waals surface area (Å²) in [5, 5.41) is 18.0. The van der Waals surface area contributed by atoms with E-state index in [1.165, 1.54) is 12.0 Å². The summed E-state index contributed by atoms with van der Waals surface area (Å²) in [4.78, 5) is 29.3. The van der Waals surface area contributed by atoms with Crippen LogP contribution in [0.2, 0.25) is 0 Å². The number of aryl methyl sites for hydroxylation is 2. The van der Waals surface area contributed by atoms with Crippen molar-refractivity contribution in [2.24, 2.45) is 0 Å². The number of likely N-dealkylation sites (N-methyl/N-ethyl adjacent to an activating group) is 1. The zero-order chi connectivity index (χ0) is 21.3. The van der Waals surface area contributed by atoms with E-state index in [4.69, 9.17) is 4.74 Å². The number of aromatic amines is 1. The van der Waals surface area contributed by atoms with Crippen molar-refractivity contribution >= 4 is 17.4 Å². The molecule has 0 aliphatic carbocycles. The number of H-pyrrole nitrogens is 1. The monoisotopic (exact) mass is 398 g/mol. The molecular formula is C21H26N4O4. The standard InChI is InChI=1S/C21H26N4O4/c1-12-16(13(2)23-22-12)19(26)17-18(14-8-6-7-9-15(14)29-5)25(11-10-24(3)4)21(28)20(17)27/h6-9,18,26H,10-11H2,1-5H3,(H,22,23)/b19-17+. The smallest absolute Gasteiger partial charge is 0.295 e. The van der Waals surface area contributed by atoms with Gasteiger partial charge in [0.05, 0.1) is 30.0 Å². The van der Waals surface area contributed by atoms with Crippen molar-refractivity contribution in [2.75, 3.05) is 34.3 Å². The topological polar surface area (TPSA) is 98.8 Å². The largest absolute Gasteiger partial charge is 0.507 e. The van der Waals surface area contributed by atoms with E-state index in [2.05, 4.69) is 10.2 Å². The number of amides is 1. The summed E-state index contributed by atoms with van der Waals surface area (Å²) in [6, 6.07) is 6.47. The Hall–Kier alpha value is -3.13. The first-order valence-electron chi connectivity index (χ1n) is 9.35. The third kappa shape index (κ3) is 3.63. The molecule has 1 aromatic heterocycles. The quantitative estimate of drug-likeness (QED) is 0.439. The molecule has 1 fully saturated rings. The average Bonchev–Trinajstić information content (AvgIpc) is 3.16. The Balaban J connectivity index is 2.23. The zero-order valence-corrected chi connectivity index (χ0v) is 17.3. The fourth-order valence-electron chi connectivity index (χ4n) is 3.67. The number of methoxy groups -OCH3 is 1. The van der Waals surface area contributed by atoms with Gasteiger partial charge in [0, 0.05) is 24.3 Å². The number of nitrogens with zero attached hydrogens (tertiary/aromatic N) is 3. The maximum absolute atomic E-state index is 13.0. The highest BCUT2D eigenvalue weighted by Crippen LogP contribution is 2.42. The molecule has 3 rings (SSSR count). The van der Waals surface area contributed by atoms with Crippen molar-refractivity contribution in [3.63, 3.8) is 0 Å². The third-order valence-corrected chi connectivity index (χ3v) is 5.13. The number of ether oxygens (including phenoxy) is 1. The van der Waals surface area contributed by atoms with Crippen molar-refractivity contribution in [1.29, 1.82) is 0 Å². The summed E-state index contributed by atoms with van der Waals surface area (Å²) >= 11 is 0. The van der Waals surface area contributed by atoms with Gasteiger partial charge in [-0.15, -0.1) is 0 Å². The van der Waals surface area contributed by atoms with Crippen LogP contribution in [0.5, 0.6) is 5.75 Å². The molecule has 1 saturated heterocycles. The molecule has 1 amide bonds. The number of Topliss-reactive ketones (excluding diaryl/α,β-unsaturated/α-hetero) is 1. The number of carbonyl (C=O) groups is 2. The number of likely N-dealkylation sites (tertiary alicyclic amines) is 1. The summed E-state index contributed by atoms with van der Waals surface area (Å²) < 4.78 is 5.49. The Morgan fingerprint density at radius 1 is 1.28 bits per heavy atom. The molecule has 1 atom stereocenters. The molecule has 8 heteroatoms. The molecule has 0 radical (unpaired) electrons. The lowest BCUT2D eigenvalue weighted by molar-refractivity contribution is -0.140. The number of carbonyl (C=O) groups excluding carboxylic acids is 2. The Morgan fingerprint density at radius 2 is 1.97 bits per heavy atom. The van der Waals surface area contributed by atoms with E-state index in [9.17, 15) is 14.7 Å². The predicted molar refractivity (Wildman–Crippen MR) is 109 cm³/mol. The lowest BCUT2D eigenvalue weighted by atomic mass is 9.94. The first kappa shape index (κ1) is 20.6. The number of aliphatic hydroxyl groups excluding tert-OH is 1. The Kier molecular flexibility index (Phi) is 5.74. The minimum atomic E-state index is -0.750. The Labute approximate surface area is 169 Å². The van der Waals surface area contributed by atoms with Gasteiger partial charge in [-0.25, -0.2) is 0 Å². The fourth-order valence-corrected chi connectivity index (χ4v) is 3.67. The van der Waals surface area contributed by atoms with E-state index < -0.39 is 17.7 Å². The first-order chi connectivity index (χ1) is 13.8. The van der Waals surface area contributed by atoms with E-state index in [1.54, 1.807) is 26.0 Å². The number of hydrogen-bond donors (Lipinski definition) is 2. The van der Waals surface area contributed by atoms with Crippen molar-refractivity contribution in [1.82, 2.24) is 20.0 Å². The minimum Gasteiger partial charge on any atom is -0.507 e. The van der Waals surface area contributed by atoms with Crippen LogP contribution in [-0.2, 0) is 9.59 Å². The molecule has 2 N–H and O–H groups in total. The molecule has 1 aliphatic rings. The number of ketones is 1. The molecule has 154 valence electrons. The van der Waals surface area contributed by atoms with Crippen LogP contribution in [0, 0.1) is 13.8 Å². The van der Waals surface area contributed by atoms with E-state index in [-0.39, 0.29) is 11.3 Å². The second kappa shape index (κ2) is 8.08. The van der Waals surface area contributed by atoms with Gasteiger partial charge in [0.25, 0.3) is 11.7 Å². The van der Waals surface area contributed by atoms with E-state index in [0.29, 0.717) is 41.4 Å². The molecule has 29 heavy (non-hydrogen) atoms. The highest BCUT2D eigenvalue weighted by Gasteiger charge is 2.47. The number of aromatic nitrogens is 2. The number of nitrogens with one attached hydrogen (secondary N) is 1. The molecule has 8 nitrogen and oxygen atoms in total. The number of hydrogen-bond acceptors (Lipinski definition) is 6. The Morgan fingerprint density at radius 3 is 2.55 bits per heavy atom. The SMILES string of the molecule is COc1ccccc1C1/C(=C(\O)c2c(C)n[nH]c2C)C(=O)C(=O)N1CCN(C)C. The van der Waals surface area contributed by atoms with Crippen LogP contribution >= 0.6 is 0 Å². The van der Waals surface area contributed by atoms with E-state index >= 15 is 0 Å². The molecule has 1 aromatic carbocycles. The van der Waals surface area contributed by atoms with Gasteiger partial charge in [0.1, 0.15) is 11.5 Å². The van der Waals surface area contributed by atoms with Gasteiger partial charge in [-0.1, -0.05) is 18.2 Å². The molecule has 2 aromatic rings. The lowest BCUT2D eigenvalue weighted by Crippen LogP contribution is -2.35. The molecular weight excluding hydrogens is 372 g/mol. The maximum Gasteiger partial charge on any atom is 0.295 e. The van der Waals surface area contributed by atoms with Crippen molar-refractivity contribution in [3.05, 3.63) is 52.4 Å². The summed E-state index contributed by atoms with van der Waals surface area (Å²) in [6.45, 7) is 4.40. The van der Waals surface area contributed by atoms with Crippen LogP contribution in [0.25, 0.3) is 5.76 Å². The normalized spacial score (nSPS) is 18.7. The zero-order valence-electron chi connectivity index (χ0n) is 17.3. The van der Waals surface area contributed by atoms with E-state index in [0.717, 1.165) is 0 Å². The second-order valence-corrected chi connectivity index (χ2v) is 7.35. The van der Waals surface area contributed by atoms with Crippen LogP contribution < -0.4 is 4.74 Å². The summed E-state index contributed by atoms with van der Waals surface area (Å²) in [7, 11) is 5.33. The van der Waals surface area contributed by atoms with Gasteiger partial charge >= 0.3 is 0 Å². The summed E-state index contributed by atoms with van der Waals surface area (Å²) in [5.41, 5.74) is 2.31. The average molecular weight is 398 g/mol. The highest BCUT2D eigenvalue weighted by molar-refractivity contribution is 6.46. The third-order valence-electron chi connectivity index (χ3n) is 5.13. The predicted octanol–water partition coefficient (Wildman–Crippen LogP) is 2.02. The van der Waals surface area contributed by atoms with Crippen LogP contribution in [0.1, 0.15) is 28.6 Å². The summed E-state index contributed by atoms with van der Waals surface area (Å²) in [5.74, 6) is -1.03. The fraction of sp³-hybridized carbons (Fsp3) is 0.381.